The Morgan fingerprint density at radius 2 is 1.03 bits per heavy atom. The Morgan fingerprint density at radius 3 is 1.35 bits per heavy atom. The fourth-order valence-electron chi connectivity index (χ4n) is 3.51. The number of benzene rings is 2. The van der Waals surface area contributed by atoms with Crippen molar-refractivity contribution in [2.75, 3.05) is 11.5 Å². The first-order valence-electron chi connectivity index (χ1n) is 11.7. The highest BCUT2D eigenvalue weighted by molar-refractivity contribution is 7.98. The van der Waals surface area contributed by atoms with Crippen molar-refractivity contribution >= 4 is 60.9 Å². The third-order valence-electron chi connectivity index (χ3n) is 5.51. The molecule has 0 bridgehead atoms. The molecule has 0 radical (unpaired) electrons. The molecule has 6 heteroatoms. The molecule has 0 spiro atoms. The molecule has 2 rings (SSSR count). The normalized spacial score (nSPS) is 14.8. The van der Waals surface area contributed by atoms with Gasteiger partial charge in [-0.3, -0.25) is 0 Å². The van der Waals surface area contributed by atoms with Crippen molar-refractivity contribution < 1.29 is 10.2 Å². The Morgan fingerprint density at radius 1 is 0.676 bits per heavy atom. The first kappa shape index (κ1) is 29.5. The maximum atomic E-state index is 10.4. The van der Waals surface area contributed by atoms with Gasteiger partial charge in [0.1, 0.15) is 0 Å². The SMILES string of the molecule is C=Cc1ccc(CSCC(O)CC(S)CCC(S)CC(O)CSCc2ccc(C=C)cc2)cc1. The van der Waals surface area contributed by atoms with Crippen LogP contribution in [0, 0.1) is 0 Å². The van der Waals surface area contributed by atoms with Crippen molar-refractivity contribution in [1.82, 2.24) is 0 Å². The van der Waals surface area contributed by atoms with E-state index in [-0.39, 0.29) is 22.7 Å². The molecule has 2 nitrogen and oxygen atoms in total. The minimum absolute atomic E-state index is 0.141. The summed E-state index contributed by atoms with van der Waals surface area (Å²) >= 11 is 12.8. The number of aliphatic hydroxyl groups excluding tert-OH is 2. The molecule has 2 N–H and O–H groups in total. The van der Waals surface area contributed by atoms with Crippen LogP contribution in [0.25, 0.3) is 12.2 Å². The van der Waals surface area contributed by atoms with Crippen LogP contribution in [0.5, 0.6) is 0 Å². The van der Waals surface area contributed by atoms with Crippen LogP contribution in [0.4, 0.5) is 0 Å². The van der Waals surface area contributed by atoms with E-state index in [1.54, 1.807) is 23.5 Å². The van der Waals surface area contributed by atoms with E-state index < -0.39 is 0 Å². The first-order valence-corrected chi connectivity index (χ1v) is 15.0. The van der Waals surface area contributed by atoms with Crippen molar-refractivity contribution in [3.63, 3.8) is 0 Å². The molecule has 4 atom stereocenters. The van der Waals surface area contributed by atoms with Crippen LogP contribution in [0.2, 0.25) is 0 Å². The smallest absolute Gasteiger partial charge is 0.0641 e. The predicted molar refractivity (Wildman–Crippen MR) is 161 cm³/mol. The Kier molecular flexibility index (Phi) is 14.6. The minimum atomic E-state index is -0.360. The molecule has 0 fully saturated rings. The number of rotatable bonds is 17. The van der Waals surface area contributed by atoms with E-state index in [1.807, 2.05) is 12.2 Å². The van der Waals surface area contributed by atoms with Crippen LogP contribution in [0.15, 0.2) is 61.7 Å². The van der Waals surface area contributed by atoms with E-state index in [2.05, 4.69) is 86.9 Å². The molecule has 34 heavy (non-hydrogen) atoms. The average molecular weight is 535 g/mol. The van der Waals surface area contributed by atoms with Gasteiger partial charge in [0.25, 0.3) is 0 Å². The summed E-state index contributed by atoms with van der Waals surface area (Å²) in [6.45, 7) is 7.55. The highest BCUT2D eigenvalue weighted by atomic mass is 32.2. The van der Waals surface area contributed by atoms with E-state index >= 15 is 0 Å². The molecule has 0 aliphatic carbocycles. The Bertz CT molecular complexity index is 767. The lowest BCUT2D eigenvalue weighted by Gasteiger charge is -2.19. The lowest BCUT2D eigenvalue weighted by Crippen LogP contribution is -2.20. The quantitative estimate of drug-likeness (QED) is 0.165. The second-order valence-electron chi connectivity index (χ2n) is 8.59. The molecule has 186 valence electrons. The molecule has 0 saturated heterocycles. The largest absolute Gasteiger partial charge is 0.392 e. The van der Waals surface area contributed by atoms with E-state index in [1.165, 1.54) is 11.1 Å². The predicted octanol–water partition coefficient (Wildman–Crippen LogP) is 7.02. The monoisotopic (exact) mass is 534 g/mol. The van der Waals surface area contributed by atoms with Crippen molar-refractivity contribution in [2.24, 2.45) is 0 Å². The van der Waals surface area contributed by atoms with Crippen LogP contribution in [0.1, 0.15) is 47.9 Å². The van der Waals surface area contributed by atoms with Gasteiger partial charge in [0, 0.05) is 33.5 Å². The van der Waals surface area contributed by atoms with Gasteiger partial charge in [-0.05, 0) is 47.9 Å². The Hall–Kier alpha value is -0.760. The molecule has 0 aromatic heterocycles. The van der Waals surface area contributed by atoms with Gasteiger partial charge in [0.05, 0.1) is 12.2 Å². The van der Waals surface area contributed by atoms with E-state index in [4.69, 9.17) is 0 Å². The van der Waals surface area contributed by atoms with Crippen molar-refractivity contribution in [1.29, 1.82) is 0 Å². The highest BCUT2D eigenvalue weighted by Crippen LogP contribution is 2.23. The molecule has 2 aromatic rings. The standard InChI is InChI=1S/C28H38O2S4/c1-3-21-5-9-23(10-6-21)17-33-19-25(29)15-27(31)13-14-28(32)16-26(30)20-34-18-24-11-7-22(4-2)8-12-24/h3-12,25-32H,1-2,13-20H2. The topological polar surface area (TPSA) is 40.5 Å². The lowest BCUT2D eigenvalue weighted by molar-refractivity contribution is 0.182. The van der Waals surface area contributed by atoms with Crippen LogP contribution < -0.4 is 0 Å². The molecule has 0 heterocycles. The molecule has 2 aromatic carbocycles. The first-order chi connectivity index (χ1) is 16.4. The summed E-state index contributed by atoms with van der Waals surface area (Å²) in [5.74, 6) is 3.19. The fraction of sp³-hybridized carbons (Fsp3) is 0.429. The van der Waals surface area contributed by atoms with Gasteiger partial charge in [0.2, 0.25) is 0 Å². The molecule has 0 amide bonds. The molecule has 0 aliphatic rings. The molecule has 4 unspecified atom stereocenters. The molecule has 0 saturated carbocycles. The Labute approximate surface area is 225 Å². The van der Waals surface area contributed by atoms with Gasteiger partial charge in [-0.1, -0.05) is 73.8 Å². The maximum absolute atomic E-state index is 10.4. The second-order valence-corrected chi connectivity index (χ2v) is 12.1. The number of thioether (sulfide) groups is 2. The van der Waals surface area contributed by atoms with Gasteiger partial charge in [0.15, 0.2) is 0 Å². The fourth-order valence-corrected chi connectivity index (χ4v) is 6.20. The van der Waals surface area contributed by atoms with E-state index in [0.717, 1.165) is 35.5 Å². The third kappa shape index (κ3) is 12.3. The summed E-state index contributed by atoms with van der Waals surface area (Å²) in [5, 5.41) is 21.0. The number of hydrogen-bond donors (Lipinski definition) is 4. The number of hydrogen-bond acceptors (Lipinski definition) is 6. The highest BCUT2D eigenvalue weighted by Gasteiger charge is 2.16. The van der Waals surface area contributed by atoms with Gasteiger partial charge >= 0.3 is 0 Å². The van der Waals surface area contributed by atoms with Crippen LogP contribution in [0.3, 0.4) is 0 Å². The van der Waals surface area contributed by atoms with Gasteiger partial charge in [-0.15, -0.1) is 0 Å². The summed E-state index contributed by atoms with van der Waals surface area (Å²) in [6, 6.07) is 16.7. The van der Waals surface area contributed by atoms with E-state index in [0.29, 0.717) is 24.3 Å². The zero-order chi connectivity index (χ0) is 24.8. The molecular weight excluding hydrogens is 497 g/mol. The van der Waals surface area contributed by atoms with Crippen LogP contribution in [-0.4, -0.2) is 44.4 Å². The van der Waals surface area contributed by atoms with Gasteiger partial charge in [-0.25, -0.2) is 0 Å². The average Bonchev–Trinajstić information content (AvgIpc) is 2.83. The summed E-state index contributed by atoms with van der Waals surface area (Å²) in [7, 11) is 0. The van der Waals surface area contributed by atoms with E-state index in [9.17, 15) is 10.2 Å². The zero-order valence-corrected chi connectivity index (χ0v) is 23.2. The van der Waals surface area contributed by atoms with Crippen LogP contribution >= 0.6 is 48.8 Å². The van der Waals surface area contributed by atoms with Gasteiger partial charge in [-0.2, -0.15) is 48.8 Å². The zero-order valence-electron chi connectivity index (χ0n) is 19.8. The van der Waals surface area contributed by atoms with Crippen LogP contribution in [-0.2, 0) is 11.5 Å². The van der Waals surface area contributed by atoms with Crippen molar-refractivity contribution in [2.45, 2.75) is 59.9 Å². The van der Waals surface area contributed by atoms with Gasteiger partial charge < -0.3 is 10.2 Å². The van der Waals surface area contributed by atoms with Crippen molar-refractivity contribution in [3.05, 3.63) is 83.9 Å². The third-order valence-corrected chi connectivity index (χ3v) is 8.76. The Balaban J connectivity index is 1.54. The summed E-state index contributed by atoms with van der Waals surface area (Å²) < 4.78 is 0. The maximum Gasteiger partial charge on any atom is 0.0641 e. The van der Waals surface area contributed by atoms with Crippen molar-refractivity contribution in [3.8, 4) is 0 Å². The number of thiol groups is 2. The minimum Gasteiger partial charge on any atom is -0.392 e. The molecule has 0 aliphatic heterocycles. The summed E-state index contributed by atoms with van der Waals surface area (Å²) in [4.78, 5) is 0. The lowest BCUT2D eigenvalue weighted by atomic mass is 10.1. The summed E-state index contributed by atoms with van der Waals surface area (Å²) in [6.07, 6.45) is 6.09. The number of aliphatic hydroxyl groups is 2. The molecular formula is C28H38O2S4. The summed E-state index contributed by atoms with van der Waals surface area (Å²) in [5.41, 5.74) is 4.75. The second kappa shape index (κ2) is 16.8.